The van der Waals surface area contributed by atoms with E-state index < -0.39 is 24.1 Å². The van der Waals surface area contributed by atoms with Crippen LogP contribution in [0.3, 0.4) is 0 Å². The lowest BCUT2D eigenvalue weighted by atomic mass is 9.72. The molecule has 0 saturated carbocycles. The van der Waals surface area contributed by atoms with Gasteiger partial charge in [-0.15, -0.1) is 0 Å². The number of carboxylic acids is 1. The SMILES string of the molecule is O=C(O)c1ccn(C(O)N2CCC3(CC2)CN(Cc2cc(Cl)ccc2C(F)(F)F)C3)n1. The Balaban J connectivity index is 1.33. The zero-order chi connectivity index (χ0) is 22.4. The Morgan fingerprint density at radius 3 is 2.48 bits per heavy atom. The first-order valence-electron chi connectivity index (χ1n) is 9.85. The number of rotatable bonds is 5. The van der Waals surface area contributed by atoms with Crippen LogP contribution in [0.5, 0.6) is 0 Å². The summed E-state index contributed by atoms with van der Waals surface area (Å²) < 4.78 is 41.0. The molecule has 2 aliphatic rings. The lowest BCUT2D eigenvalue weighted by Gasteiger charge is -2.54. The molecule has 31 heavy (non-hydrogen) atoms. The van der Waals surface area contributed by atoms with Gasteiger partial charge in [0.25, 0.3) is 0 Å². The van der Waals surface area contributed by atoms with Crippen LogP contribution in [0.2, 0.25) is 5.02 Å². The molecule has 1 aromatic carbocycles. The normalized spacial score (nSPS) is 20.5. The molecule has 2 N–H and O–H groups in total. The molecule has 3 heterocycles. The van der Waals surface area contributed by atoms with Gasteiger partial charge < -0.3 is 10.2 Å². The van der Waals surface area contributed by atoms with E-state index in [0.29, 0.717) is 26.2 Å². The van der Waals surface area contributed by atoms with Crippen LogP contribution in [-0.4, -0.2) is 61.9 Å². The molecule has 2 aliphatic heterocycles. The van der Waals surface area contributed by atoms with E-state index in [4.69, 9.17) is 16.7 Å². The lowest BCUT2D eigenvalue weighted by molar-refractivity contribution is -0.139. The van der Waals surface area contributed by atoms with E-state index in [1.54, 1.807) is 0 Å². The third kappa shape index (κ3) is 4.57. The van der Waals surface area contributed by atoms with Gasteiger partial charge in [0.05, 0.1) is 5.56 Å². The highest BCUT2D eigenvalue weighted by molar-refractivity contribution is 6.30. The highest BCUT2D eigenvalue weighted by Crippen LogP contribution is 2.43. The van der Waals surface area contributed by atoms with Crippen molar-refractivity contribution in [3.05, 3.63) is 52.3 Å². The molecule has 1 atom stereocenters. The molecule has 2 fully saturated rings. The second-order valence-electron chi connectivity index (χ2n) is 8.31. The maximum absolute atomic E-state index is 13.3. The molecule has 1 aromatic heterocycles. The highest BCUT2D eigenvalue weighted by atomic mass is 35.5. The number of hydrogen-bond donors (Lipinski definition) is 2. The van der Waals surface area contributed by atoms with E-state index in [-0.39, 0.29) is 28.2 Å². The fourth-order valence-electron chi connectivity index (χ4n) is 4.52. The molecule has 11 heteroatoms. The molecule has 0 amide bonds. The summed E-state index contributed by atoms with van der Waals surface area (Å²) in [5, 5.41) is 23.6. The molecule has 1 unspecified atom stereocenters. The van der Waals surface area contributed by atoms with Gasteiger partial charge >= 0.3 is 12.1 Å². The van der Waals surface area contributed by atoms with Crippen molar-refractivity contribution in [2.24, 2.45) is 5.41 Å². The van der Waals surface area contributed by atoms with Crippen LogP contribution in [-0.2, 0) is 12.7 Å². The van der Waals surface area contributed by atoms with Crippen molar-refractivity contribution < 1.29 is 28.2 Å². The lowest BCUT2D eigenvalue weighted by Crippen LogP contribution is -2.60. The van der Waals surface area contributed by atoms with Gasteiger partial charge in [0, 0.05) is 43.9 Å². The van der Waals surface area contributed by atoms with Gasteiger partial charge in [-0.1, -0.05) is 11.6 Å². The Morgan fingerprint density at radius 1 is 1.23 bits per heavy atom. The van der Waals surface area contributed by atoms with Crippen LogP contribution in [0.1, 0.15) is 40.8 Å². The molecule has 1 spiro atoms. The number of carboxylic acid groups (broad SMARTS) is 1. The Hall–Kier alpha value is -2.14. The van der Waals surface area contributed by atoms with Crippen molar-refractivity contribution in [2.45, 2.75) is 31.9 Å². The molecule has 0 aliphatic carbocycles. The summed E-state index contributed by atoms with van der Waals surface area (Å²) in [6.45, 7) is 2.73. The number of aromatic nitrogens is 2. The van der Waals surface area contributed by atoms with Crippen LogP contribution in [0.4, 0.5) is 13.2 Å². The zero-order valence-corrected chi connectivity index (χ0v) is 17.3. The van der Waals surface area contributed by atoms with Crippen LogP contribution in [0, 0.1) is 5.41 Å². The first-order valence-corrected chi connectivity index (χ1v) is 10.2. The zero-order valence-electron chi connectivity index (χ0n) is 16.5. The van der Waals surface area contributed by atoms with Crippen molar-refractivity contribution >= 4 is 17.6 Å². The number of nitrogens with zero attached hydrogens (tertiary/aromatic N) is 4. The van der Waals surface area contributed by atoms with Gasteiger partial charge in [0.15, 0.2) is 5.69 Å². The first kappa shape index (κ1) is 22.1. The van der Waals surface area contributed by atoms with Crippen LogP contribution in [0.25, 0.3) is 0 Å². The third-order valence-corrected chi connectivity index (χ3v) is 6.37. The van der Waals surface area contributed by atoms with Crippen molar-refractivity contribution in [3.8, 4) is 0 Å². The summed E-state index contributed by atoms with van der Waals surface area (Å²) in [5.74, 6) is -1.16. The molecular formula is C20H22ClF3N4O3. The second kappa shape index (κ2) is 8.09. The van der Waals surface area contributed by atoms with Gasteiger partial charge in [-0.05, 0) is 48.1 Å². The van der Waals surface area contributed by atoms with Gasteiger partial charge in [-0.2, -0.15) is 18.3 Å². The molecule has 0 radical (unpaired) electrons. The Bertz CT molecular complexity index is 965. The minimum absolute atomic E-state index is 0.0174. The number of halogens is 4. The number of hydrogen-bond acceptors (Lipinski definition) is 5. The van der Waals surface area contributed by atoms with E-state index in [1.807, 2.05) is 9.80 Å². The summed E-state index contributed by atoms with van der Waals surface area (Å²) in [6, 6.07) is 4.99. The number of piperidine rings is 1. The smallest absolute Gasteiger partial charge is 0.416 e. The van der Waals surface area contributed by atoms with E-state index >= 15 is 0 Å². The van der Waals surface area contributed by atoms with Crippen LogP contribution >= 0.6 is 11.6 Å². The number of likely N-dealkylation sites (tertiary alicyclic amines) is 2. The summed E-state index contributed by atoms with van der Waals surface area (Å²) in [7, 11) is 0. The van der Waals surface area contributed by atoms with Crippen molar-refractivity contribution in [1.82, 2.24) is 19.6 Å². The van der Waals surface area contributed by atoms with Crippen LogP contribution in [0.15, 0.2) is 30.5 Å². The molecule has 2 aromatic rings. The summed E-state index contributed by atoms with van der Waals surface area (Å²) in [6.07, 6.45) is -2.48. The van der Waals surface area contributed by atoms with E-state index in [1.165, 1.54) is 29.1 Å². The fraction of sp³-hybridized carbons (Fsp3) is 0.500. The summed E-state index contributed by atoms with van der Waals surface area (Å²) in [5.41, 5.74) is -0.600. The van der Waals surface area contributed by atoms with Crippen molar-refractivity contribution in [2.75, 3.05) is 26.2 Å². The van der Waals surface area contributed by atoms with Crippen molar-refractivity contribution in [3.63, 3.8) is 0 Å². The second-order valence-corrected chi connectivity index (χ2v) is 8.75. The third-order valence-electron chi connectivity index (χ3n) is 6.13. The quantitative estimate of drug-likeness (QED) is 0.715. The predicted octanol–water partition coefficient (Wildman–Crippen LogP) is 3.30. The monoisotopic (exact) mass is 458 g/mol. The minimum Gasteiger partial charge on any atom is -0.476 e. The number of alkyl halides is 3. The highest BCUT2D eigenvalue weighted by Gasteiger charge is 2.46. The number of benzene rings is 1. The van der Waals surface area contributed by atoms with E-state index in [2.05, 4.69) is 5.10 Å². The molecule has 2 saturated heterocycles. The van der Waals surface area contributed by atoms with Gasteiger partial charge in [-0.25, -0.2) is 9.48 Å². The van der Waals surface area contributed by atoms with Crippen LogP contribution < -0.4 is 0 Å². The maximum Gasteiger partial charge on any atom is 0.416 e. The Labute approximate surface area is 181 Å². The number of aliphatic hydroxyl groups excluding tert-OH is 1. The first-order chi connectivity index (χ1) is 14.6. The predicted molar refractivity (Wildman–Crippen MR) is 105 cm³/mol. The average Bonchev–Trinajstić information content (AvgIpc) is 3.16. The number of carbonyl (C=O) groups is 1. The van der Waals surface area contributed by atoms with Gasteiger partial charge in [-0.3, -0.25) is 9.80 Å². The Kier molecular flexibility index (Phi) is 5.76. The Morgan fingerprint density at radius 2 is 1.90 bits per heavy atom. The van der Waals surface area contributed by atoms with Gasteiger partial charge in [0.1, 0.15) is 0 Å². The van der Waals surface area contributed by atoms with E-state index in [9.17, 15) is 23.1 Å². The average molecular weight is 459 g/mol. The summed E-state index contributed by atoms with van der Waals surface area (Å²) in [4.78, 5) is 14.8. The standard InChI is InChI=1S/C20H22ClF3N4O3/c21-14-1-2-15(20(22,23)24)13(9-14)10-26-11-19(12-26)4-7-27(8-5-19)18(31)28-6-3-16(25-28)17(29)30/h1-3,6,9,18,31H,4-5,7-8,10-12H2,(H,29,30). The molecular weight excluding hydrogens is 437 g/mol. The van der Waals surface area contributed by atoms with Crippen molar-refractivity contribution in [1.29, 1.82) is 0 Å². The number of aromatic carboxylic acids is 1. The van der Waals surface area contributed by atoms with E-state index in [0.717, 1.165) is 18.9 Å². The fourth-order valence-corrected chi connectivity index (χ4v) is 4.71. The maximum atomic E-state index is 13.3. The number of aliphatic hydroxyl groups is 1. The molecule has 7 nitrogen and oxygen atoms in total. The minimum atomic E-state index is -4.42. The van der Waals surface area contributed by atoms with Gasteiger partial charge in [0.2, 0.25) is 6.35 Å². The largest absolute Gasteiger partial charge is 0.476 e. The topological polar surface area (TPSA) is 81.8 Å². The molecule has 168 valence electrons. The molecule has 4 rings (SSSR count). The summed E-state index contributed by atoms with van der Waals surface area (Å²) >= 11 is 5.91. The molecule has 0 bridgehead atoms.